The fourth-order valence-electron chi connectivity index (χ4n) is 1.38. The van der Waals surface area contributed by atoms with Crippen LogP contribution in [0.4, 0.5) is 0 Å². The van der Waals surface area contributed by atoms with Gasteiger partial charge in [-0.05, 0) is 23.2 Å². The summed E-state index contributed by atoms with van der Waals surface area (Å²) < 4.78 is 40.4. The number of carbonyl (C=O) groups excluding carboxylic acids is 1. The molecule has 106 valence electrons. The topological polar surface area (TPSA) is 94.1 Å². The molecule has 1 unspecified atom stereocenters. The summed E-state index contributed by atoms with van der Waals surface area (Å²) in [6.45, 7) is 0. The van der Waals surface area contributed by atoms with E-state index in [0.29, 0.717) is 5.75 Å². The number of methoxy groups -OCH3 is 3. The van der Waals surface area contributed by atoms with Gasteiger partial charge < -0.3 is 23.5 Å². The van der Waals surface area contributed by atoms with E-state index in [9.17, 15) is 13.6 Å². The van der Waals surface area contributed by atoms with Crippen LogP contribution in [0.3, 0.4) is 0 Å². The fraction of sp³-hybridized carbons (Fsp3) is 0.364. The van der Waals surface area contributed by atoms with Gasteiger partial charge in [0.25, 0.3) is 0 Å². The largest absolute Gasteiger partial charge is 0.770 e. The lowest BCUT2D eigenvalue weighted by Crippen LogP contribution is -2.10. The molecule has 0 N–H and O–H groups in total. The van der Waals surface area contributed by atoms with Crippen LogP contribution in [-0.4, -0.2) is 42.0 Å². The number of esters is 1. The van der Waals surface area contributed by atoms with Crippen LogP contribution in [0.2, 0.25) is 0 Å². The molecule has 0 aliphatic rings. The van der Waals surface area contributed by atoms with E-state index in [2.05, 4.69) is 4.74 Å². The summed E-state index contributed by atoms with van der Waals surface area (Å²) in [5, 5.41) is 0. The quantitative estimate of drug-likeness (QED) is 0.562. The van der Waals surface area contributed by atoms with Gasteiger partial charge in [0.2, 0.25) is 5.75 Å². The summed E-state index contributed by atoms with van der Waals surface area (Å²) in [6, 6.07) is 2.74. The number of hydrogen-bond acceptors (Lipinski definition) is 7. The highest BCUT2D eigenvalue weighted by Crippen LogP contribution is 2.38. The monoisotopic (exact) mass is 289 g/mol. The van der Waals surface area contributed by atoms with Crippen LogP contribution in [0.15, 0.2) is 12.1 Å². The number of hydrogen-bond donors (Lipinski definition) is 0. The highest BCUT2D eigenvalue weighted by molar-refractivity contribution is 7.78. The Balaban J connectivity index is 3.08. The van der Waals surface area contributed by atoms with E-state index in [0.717, 1.165) is 0 Å². The number of rotatable bonds is 6. The second-order valence-electron chi connectivity index (χ2n) is 3.27. The Morgan fingerprint density at radius 2 is 1.68 bits per heavy atom. The van der Waals surface area contributed by atoms with Gasteiger partial charge in [0.05, 0.1) is 26.9 Å². The third-order valence-electron chi connectivity index (χ3n) is 2.19. The van der Waals surface area contributed by atoms with Crippen LogP contribution in [0.1, 0.15) is 10.4 Å². The first-order valence-electron chi connectivity index (χ1n) is 5.06. The normalized spacial score (nSPS) is 11.6. The van der Waals surface area contributed by atoms with E-state index in [1.807, 2.05) is 0 Å². The van der Waals surface area contributed by atoms with Crippen LogP contribution in [-0.2, 0) is 15.8 Å². The number of carbonyl (C=O) groups is 1. The van der Waals surface area contributed by atoms with Crippen molar-refractivity contribution in [3.8, 4) is 17.2 Å². The Kier molecular flexibility index (Phi) is 5.58. The van der Waals surface area contributed by atoms with Gasteiger partial charge in [0.15, 0.2) is 17.4 Å². The van der Waals surface area contributed by atoms with Crippen molar-refractivity contribution >= 4 is 17.0 Å². The molecule has 0 heterocycles. The third kappa shape index (κ3) is 3.83. The Bertz CT molecular complexity index is 461. The Morgan fingerprint density at radius 3 is 2.05 bits per heavy atom. The lowest BCUT2D eigenvalue weighted by molar-refractivity contribution is 0.0569. The molecule has 0 amide bonds. The molecule has 1 aromatic carbocycles. The summed E-state index contributed by atoms with van der Waals surface area (Å²) in [5.74, 6) is -0.637. The maximum Gasteiger partial charge on any atom is 0.339 e. The predicted octanol–water partition coefficient (Wildman–Crippen LogP) is 0.706. The zero-order valence-electron chi connectivity index (χ0n) is 10.6. The molecule has 0 bridgehead atoms. The van der Waals surface area contributed by atoms with E-state index in [-0.39, 0.29) is 17.1 Å². The van der Waals surface area contributed by atoms with Crippen molar-refractivity contribution < 1.29 is 32.5 Å². The van der Waals surface area contributed by atoms with Crippen molar-refractivity contribution in [2.24, 2.45) is 0 Å². The minimum Gasteiger partial charge on any atom is -0.770 e. The molecule has 0 radical (unpaired) electrons. The number of ether oxygens (including phenoxy) is 4. The van der Waals surface area contributed by atoms with Crippen molar-refractivity contribution in [2.75, 3.05) is 27.3 Å². The molecule has 7 nitrogen and oxygen atoms in total. The standard InChI is InChI=1S/C11H14O7S/c1-15-8-4-7(11(12)18-6-19(13)14)5-9(16-2)10(8)17-3/h4-5H,6H2,1-3H3,(H,13,14)/p-1. The summed E-state index contributed by atoms with van der Waals surface area (Å²) in [5.41, 5.74) is 0.0972. The van der Waals surface area contributed by atoms with E-state index < -0.39 is 23.0 Å². The molecule has 0 saturated heterocycles. The smallest absolute Gasteiger partial charge is 0.339 e. The van der Waals surface area contributed by atoms with Crippen LogP contribution >= 0.6 is 0 Å². The van der Waals surface area contributed by atoms with Gasteiger partial charge in [-0.25, -0.2) is 4.79 Å². The molecule has 0 aliphatic heterocycles. The van der Waals surface area contributed by atoms with Gasteiger partial charge in [0.1, 0.15) is 0 Å². The van der Waals surface area contributed by atoms with Crippen LogP contribution in [0.5, 0.6) is 17.2 Å². The molecular weight excluding hydrogens is 276 g/mol. The van der Waals surface area contributed by atoms with Crippen molar-refractivity contribution in [3.63, 3.8) is 0 Å². The zero-order valence-corrected chi connectivity index (χ0v) is 11.4. The minimum absolute atomic E-state index is 0.0972. The van der Waals surface area contributed by atoms with Gasteiger partial charge in [-0.3, -0.25) is 4.21 Å². The van der Waals surface area contributed by atoms with Crippen LogP contribution in [0.25, 0.3) is 0 Å². The molecule has 8 heteroatoms. The first-order chi connectivity index (χ1) is 9.03. The van der Waals surface area contributed by atoms with E-state index in [4.69, 9.17) is 14.2 Å². The predicted molar refractivity (Wildman–Crippen MR) is 65.3 cm³/mol. The van der Waals surface area contributed by atoms with Crippen LogP contribution in [0, 0.1) is 0 Å². The summed E-state index contributed by atoms with van der Waals surface area (Å²) in [6.07, 6.45) is 0. The van der Waals surface area contributed by atoms with E-state index in [1.165, 1.54) is 33.5 Å². The van der Waals surface area contributed by atoms with Gasteiger partial charge in [-0.2, -0.15) is 0 Å². The maximum absolute atomic E-state index is 11.6. The highest BCUT2D eigenvalue weighted by atomic mass is 32.2. The van der Waals surface area contributed by atoms with Crippen molar-refractivity contribution in [3.05, 3.63) is 17.7 Å². The molecule has 1 atom stereocenters. The van der Waals surface area contributed by atoms with Crippen LogP contribution < -0.4 is 14.2 Å². The maximum atomic E-state index is 11.6. The third-order valence-corrected chi connectivity index (χ3v) is 2.50. The van der Waals surface area contributed by atoms with Crippen molar-refractivity contribution in [2.45, 2.75) is 0 Å². The Hall–Kier alpha value is -1.80. The van der Waals surface area contributed by atoms with Gasteiger partial charge in [0, 0.05) is 0 Å². The molecular formula is C11H13O7S-. The SMILES string of the molecule is COc1cc(C(=O)OCS(=O)[O-])cc(OC)c1OC. The summed E-state index contributed by atoms with van der Waals surface area (Å²) in [4.78, 5) is 11.6. The highest BCUT2D eigenvalue weighted by Gasteiger charge is 2.17. The molecule has 0 spiro atoms. The average Bonchev–Trinajstić information content (AvgIpc) is 2.42. The van der Waals surface area contributed by atoms with Gasteiger partial charge >= 0.3 is 5.97 Å². The van der Waals surface area contributed by atoms with Crippen molar-refractivity contribution in [1.29, 1.82) is 0 Å². The van der Waals surface area contributed by atoms with E-state index in [1.54, 1.807) is 0 Å². The molecule has 1 rings (SSSR count). The molecule has 1 aromatic rings. The molecule has 0 aliphatic carbocycles. The van der Waals surface area contributed by atoms with Gasteiger partial charge in [-0.15, -0.1) is 0 Å². The van der Waals surface area contributed by atoms with E-state index >= 15 is 0 Å². The number of benzene rings is 1. The summed E-state index contributed by atoms with van der Waals surface area (Å²) in [7, 11) is 4.23. The first kappa shape index (κ1) is 15.3. The lowest BCUT2D eigenvalue weighted by atomic mass is 10.2. The van der Waals surface area contributed by atoms with Gasteiger partial charge in [-0.1, -0.05) is 0 Å². The molecule has 0 saturated carbocycles. The molecule has 0 fully saturated rings. The average molecular weight is 289 g/mol. The minimum atomic E-state index is -2.46. The molecule has 19 heavy (non-hydrogen) atoms. The fourth-order valence-corrected chi connectivity index (χ4v) is 1.59. The second-order valence-corrected chi connectivity index (χ2v) is 4.11. The zero-order chi connectivity index (χ0) is 14.4. The van der Waals surface area contributed by atoms with Crippen molar-refractivity contribution in [1.82, 2.24) is 0 Å². The second kappa shape index (κ2) is 6.95. The Labute approximate surface area is 112 Å². The molecule has 0 aromatic heterocycles. The first-order valence-corrected chi connectivity index (χ1v) is 6.30. The summed E-state index contributed by atoms with van der Waals surface area (Å²) >= 11 is -2.46. The Morgan fingerprint density at radius 1 is 1.16 bits per heavy atom. The lowest BCUT2D eigenvalue weighted by Gasteiger charge is -2.14.